The number of thiocarbonyl (C=S) groups is 1. The highest BCUT2D eigenvalue weighted by Gasteiger charge is 2.16. The van der Waals surface area contributed by atoms with E-state index in [4.69, 9.17) is 0 Å². The summed E-state index contributed by atoms with van der Waals surface area (Å²) in [6.45, 7) is 0. The molecule has 0 amide bonds. The van der Waals surface area contributed by atoms with Gasteiger partial charge in [0.2, 0.25) is 0 Å². The topological polar surface area (TPSA) is 43.4 Å². The Balaban J connectivity index is 2.80. The van der Waals surface area contributed by atoms with Gasteiger partial charge in [-0.25, -0.2) is 4.79 Å². The Morgan fingerprint density at radius 1 is 1.23 bits per heavy atom. The minimum atomic E-state index is -0.957. The second-order valence-electron chi connectivity index (χ2n) is 2.20. The van der Waals surface area contributed by atoms with Gasteiger partial charge in [-0.05, 0) is 12.2 Å². The fourth-order valence-corrected chi connectivity index (χ4v) is 0.892. The Bertz CT molecular complexity index is 332. The van der Waals surface area contributed by atoms with Crippen molar-refractivity contribution in [2.24, 2.45) is 0 Å². The van der Waals surface area contributed by atoms with Gasteiger partial charge in [0.05, 0.1) is 0 Å². The molecule has 0 aliphatic carbocycles. The van der Waals surface area contributed by atoms with Crippen LogP contribution in [0.4, 0.5) is 0 Å². The molecule has 0 saturated carbocycles. The number of carbonyl (C=O) groups is 2. The van der Waals surface area contributed by atoms with Crippen molar-refractivity contribution < 1.29 is 14.3 Å². The number of Topliss-reactive ketones (excluding diaryl/α,β-unsaturated/α-hetero) is 1. The van der Waals surface area contributed by atoms with Crippen LogP contribution in [-0.4, -0.2) is 17.3 Å². The van der Waals surface area contributed by atoms with Gasteiger partial charge in [0, 0.05) is 5.56 Å². The van der Waals surface area contributed by atoms with E-state index >= 15 is 0 Å². The van der Waals surface area contributed by atoms with E-state index in [9.17, 15) is 9.59 Å². The quantitative estimate of drug-likeness (QED) is 0.315. The summed E-state index contributed by atoms with van der Waals surface area (Å²) in [5, 5.41) is 0. The Morgan fingerprint density at radius 3 is 2.38 bits per heavy atom. The number of ketones is 1. The van der Waals surface area contributed by atoms with Crippen LogP contribution in [0.15, 0.2) is 30.3 Å². The highest BCUT2D eigenvalue weighted by Crippen LogP contribution is 2.00. The van der Waals surface area contributed by atoms with Gasteiger partial charge < -0.3 is 4.74 Å². The molecule has 1 aromatic rings. The highest BCUT2D eigenvalue weighted by molar-refractivity contribution is 7.78. The van der Waals surface area contributed by atoms with Gasteiger partial charge in [0.25, 0.3) is 5.78 Å². The standard InChI is InChI=1S/C9H6O3S/c10-8(9(11)12-6-13)7-4-2-1-3-5-7/h1-6H. The first kappa shape index (κ1) is 9.54. The van der Waals surface area contributed by atoms with Gasteiger partial charge in [0.1, 0.15) is 0 Å². The van der Waals surface area contributed by atoms with E-state index < -0.39 is 11.8 Å². The summed E-state index contributed by atoms with van der Waals surface area (Å²) in [6, 6.07) is 8.15. The maximum atomic E-state index is 11.2. The lowest BCUT2D eigenvalue weighted by Crippen LogP contribution is -2.16. The lowest BCUT2D eigenvalue weighted by atomic mass is 10.1. The van der Waals surface area contributed by atoms with E-state index in [1.807, 2.05) is 0 Å². The molecule has 13 heavy (non-hydrogen) atoms. The van der Waals surface area contributed by atoms with E-state index in [0.29, 0.717) is 5.56 Å². The van der Waals surface area contributed by atoms with E-state index in [1.54, 1.807) is 18.2 Å². The van der Waals surface area contributed by atoms with Crippen molar-refractivity contribution in [3.8, 4) is 0 Å². The molecular formula is C9H6O3S. The summed E-state index contributed by atoms with van der Waals surface area (Å²) < 4.78 is 4.26. The Morgan fingerprint density at radius 2 is 1.85 bits per heavy atom. The van der Waals surface area contributed by atoms with Gasteiger partial charge in [-0.3, -0.25) is 4.79 Å². The molecule has 3 nitrogen and oxygen atoms in total. The molecule has 0 unspecified atom stereocenters. The lowest BCUT2D eigenvalue weighted by molar-refractivity contribution is -0.129. The van der Waals surface area contributed by atoms with Crippen molar-refractivity contribution in [2.45, 2.75) is 0 Å². The molecule has 0 aliphatic heterocycles. The van der Waals surface area contributed by atoms with Gasteiger partial charge in [-0.2, -0.15) is 0 Å². The summed E-state index contributed by atoms with van der Waals surface area (Å²) in [6.07, 6.45) is 0. The number of hydrogen-bond acceptors (Lipinski definition) is 4. The van der Waals surface area contributed by atoms with Gasteiger partial charge in [0.15, 0.2) is 5.55 Å². The molecule has 0 radical (unpaired) electrons. The Labute approximate surface area is 80.3 Å². The molecule has 0 fully saturated rings. The van der Waals surface area contributed by atoms with Crippen LogP contribution in [0.2, 0.25) is 0 Å². The predicted octanol–water partition coefficient (Wildman–Crippen LogP) is 1.37. The van der Waals surface area contributed by atoms with Gasteiger partial charge in [-0.1, -0.05) is 30.3 Å². The Kier molecular flexibility index (Phi) is 3.28. The minimum Gasteiger partial charge on any atom is -0.417 e. The fraction of sp³-hybridized carbons (Fsp3) is 0. The highest BCUT2D eigenvalue weighted by atomic mass is 32.1. The third kappa shape index (κ3) is 2.45. The first-order chi connectivity index (χ1) is 6.25. The molecule has 4 heteroatoms. The molecule has 1 aromatic carbocycles. The van der Waals surface area contributed by atoms with Crippen LogP contribution >= 0.6 is 12.2 Å². The molecule has 0 N–H and O–H groups in total. The predicted molar refractivity (Wildman–Crippen MR) is 50.5 cm³/mol. The summed E-state index contributed by atoms with van der Waals surface area (Å²) in [5.74, 6) is -1.65. The first-order valence-electron chi connectivity index (χ1n) is 3.49. The van der Waals surface area contributed by atoms with Crippen LogP contribution in [-0.2, 0) is 9.53 Å². The van der Waals surface area contributed by atoms with E-state index in [2.05, 4.69) is 17.0 Å². The molecule has 66 valence electrons. The van der Waals surface area contributed by atoms with Crippen molar-refractivity contribution in [3.63, 3.8) is 0 Å². The zero-order valence-corrected chi connectivity index (χ0v) is 7.41. The molecular weight excluding hydrogens is 188 g/mol. The maximum Gasteiger partial charge on any atom is 0.385 e. The molecule has 0 bridgehead atoms. The van der Waals surface area contributed by atoms with E-state index in [-0.39, 0.29) is 0 Å². The normalized spacial score (nSPS) is 8.92. The second-order valence-corrected chi connectivity index (χ2v) is 2.39. The van der Waals surface area contributed by atoms with Crippen LogP contribution in [0.3, 0.4) is 0 Å². The molecule has 0 heterocycles. The van der Waals surface area contributed by atoms with Crippen LogP contribution in [0.25, 0.3) is 0 Å². The first-order valence-corrected chi connectivity index (χ1v) is 3.97. The number of rotatable bonds is 3. The largest absolute Gasteiger partial charge is 0.417 e. The SMILES string of the molecule is O=C(OC=S)C(=O)c1ccccc1. The van der Waals surface area contributed by atoms with Crippen LogP contribution in [0.5, 0.6) is 0 Å². The van der Waals surface area contributed by atoms with Crippen molar-refractivity contribution >= 4 is 29.5 Å². The third-order valence-electron chi connectivity index (χ3n) is 1.38. The van der Waals surface area contributed by atoms with E-state index in [1.165, 1.54) is 12.1 Å². The second kappa shape index (κ2) is 4.47. The smallest absolute Gasteiger partial charge is 0.385 e. The van der Waals surface area contributed by atoms with Crippen LogP contribution in [0, 0.1) is 0 Å². The zero-order valence-electron chi connectivity index (χ0n) is 6.60. The van der Waals surface area contributed by atoms with Crippen LogP contribution in [0.1, 0.15) is 10.4 Å². The average molecular weight is 194 g/mol. The number of carbonyl (C=O) groups excluding carboxylic acids is 2. The summed E-state index contributed by atoms with van der Waals surface area (Å²) in [7, 11) is 0. The number of esters is 1. The van der Waals surface area contributed by atoms with Crippen molar-refractivity contribution in [3.05, 3.63) is 35.9 Å². The van der Waals surface area contributed by atoms with Gasteiger partial charge in [-0.15, -0.1) is 0 Å². The zero-order chi connectivity index (χ0) is 9.68. The molecule has 0 saturated heterocycles. The molecule has 1 rings (SSSR count). The minimum absolute atomic E-state index is 0.296. The molecule has 0 aromatic heterocycles. The summed E-state index contributed by atoms with van der Waals surface area (Å²) in [4.78, 5) is 22.1. The van der Waals surface area contributed by atoms with Crippen molar-refractivity contribution in [2.75, 3.05) is 0 Å². The molecule has 0 atom stereocenters. The van der Waals surface area contributed by atoms with Gasteiger partial charge >= 0.3 is 5.97 Å². The maximum absolute atomic E-state index is 11.2. The molecule has 0 spiro atoms. The number of hydrogen-bond donors (Lipinski definition) is 0. The number of ether oxygens (including phenoxy) is 1. The summed E-state index contributed by atoms with van der Waals surface area (Å²) in [5.41, 5.74) is 1.06. The Hall–Kier alpha value is -1.55. The number of benzene rings is 1. The monoisotopic (exact) mass is 194 g/mol. The van der Waals surface area contributed by atoms with Crippen molar-refractivity contribution in [1.82, 2.24) is 0 Å². The van der Waals surface area contributed by atoms with Crippen molar-refractivity contribution in [1.29, 1.82) is 0 Å². The van der Waals surface area contributed by atoms with Crippen LogP contribution < -0.4 is 0 Å². The molecule has 0 aliphatic rings. The third-order valence-corrected chi connectivity index (χ3v) is 1.47. The van der Waals surface area contributed by atoms with E-state index in [0.717, 1.165) is 5.55 Å². The summed E-state index contributed by atoms with van der Waals surface area (Å²) >= 11 is 4.28. The fourth-order valence-electron chi connectivity index (χ4n) is 0.805. The lowest BCUT2D eigenvalue weighted by Gasteiger charge is -1.96. The average Bonchev–Trinajstić information content (AvgIpc) is 2.18.